The number of aliphatic hydroxyl groups excluding tert-OH is 1. The number of anilines is 1. The maximum atomic E-state index is 14.0. The van der Waals surface area contributed by atoms with Crippen molar-refractivity contribution in [2.24, 2.45) is 0 Å². The zero-order chi connectivity index (χ0) is 18.4. The highest BCUT2D eigenvalue weighted by Gasteiger charge is 2.21. The number of halogens is 1. The van der Waals surface area contributed by atoms with Gasteiger partial charge in [0.05, 0.1) is 18.0 Å². The smallest absolute Gasteiger partial charge is 0.319 e. The quantitative estimate of drug-likeness (QED) is 0.722. The second kappa shape index (κ2) is 8.72. The third-order valence-corrected chi connectivity index (χ3v) is 4.56. The molecule has 1 saturated heterocycles. The number of rotatable bonds is 6. The van der Waals surface area contributed by atoms with E-state index in [1.54, 1.807) is 10.6 Å². The van der Waals surface area contributed by atoms with Crippen molar-refractivity contribution in [3.8, 4) is 5.69 Å². The van der Waals surface area contributed by atoms with Crippen LogP contribution in [0.2, 0.25) is 0 Å². The molecule has 0 saturated carbocycles. The fraction of sp³-hybridized carbons (Fsp3) is 0.471. The van der Waals surface area contributed by atoms with E-state index >= 15 is 0 Å². The van der Waals surface area contributed by atoms with Gasteiger partial charge in [0, 0.05) is 19.1 Å². The number of benzene rings is 1. The van der Waals surface area contributed by atoms with Crippen molar-refractivity contribution in [2.45, 2.75) is 25.3 Å². The normalized spacial score (nSPS) is 17.8. The zero-order valence-electron chi connectivity index (χ0n) is 14.4. The molecule has 1 aliphatic heterocycles. The second-order valence-corrected chi connectivity index (χ2v) is 6.28. The van der Waals surface area contributed by atoms with Crippen molar-refractivity contribution in [1.82, 2.24) is 25.0 Å². The third kappa shape index (κ3) is 4.55. The van der Waals surface area contributed by atoms with Gasteiger partial charge in [-0.1, -0.05) is 6.42 Å². The van der Waals surface area contributed by atoms with Crippen molar-refractivity contribution in [3.63, 3.8) is 0 Å². The number of amides is 2. The van der Waals surface area contributed by atoms with Crippen LogP contribution >= 0.6 is 0 Å². The first-order chi connectivity index (χ1) is 12.7. The van der Waals surface area contributed by atoms with Crippen LogP contribution in [0.4, 0.5) is 14.9 Å². The molecule has 1 fully saturated rings. The molecule has 1 aliphatic rings. The van der Waals surface area contributed by atoms with Gasteiger partial charge >= 0.3 is 6.03 Å². The molecular weight excluding hydrogens is 339 g/mol. The van der Waals surface area contributed by atoms with Crippen molar-refractivity contribution in [3.05, 3.63) is 36.7 Å². The summed E-state index contributed by atoms with van der Waals surface area (Å²) in [6.07, 6.45) is 6.19. The average Bonchev–Trinajstić information content (AvgIpc) is 3.18. The number of urea groups is 1. The molecule has 0 spiro atoms. The summed E-state index contributed by atoms with van der Waals surface area (Å²) in [5.74, 6) is -0.520. The molecule has 2 aromatic rings. The van der Waals surface area contributed by atoms with Crippen LogP contribution in [-0.4, -0.2) is 63.1 Å². The number of nitrogens with zero attached hydrogens (tertiary/aromatic N) is 4. The van der Waals surface area contributed by atoms with Gasteiger partial charge in [-0.05, 0) is 37.6 Å². The Morgan fingerprint density at radius 2 is 2.12 bits per heavy atom. The molecule has 3 N–H and O–H groups in total. The number of hydrogen-bond donors (Lipinski definition) is 3. The van der Waals surface area contributed by atoms with Gasteiger partial charge in [-0.25, -0.2) is 9.18 Å². The van der Waals surface area contributed by atoms with E-state index in [0.717, 1.165) is 25.8 Å². The predicted molar refractivity (Wildman–Crippen MR) is 94.6 cm³/mol. The first-order valence-corrected chi connectivity index (χ1v) is 8.71. The summed E-state index contributed by atoms with van der Waals surface area (Å²) in [6.45, 7) is 2.13. The molecule has 9 heteroatoms. The van der Waals surface area contributed by atoms with E-state index < -0.39 is 11.8 Å². The summed E-state index contributed by atoms with van der Waals surface area (Å²) < 4.78 is 15.6. The number of likely N-dealkylation sites (tertiary alicyclic amines) is 1. The third-order valence-electron chi connectivity index (χ3n) is 4.56. The van der Waals surface area contributed by atoms with Crippen molar-refractivity contribution < 1.29 is 14.3 Å². The Balaban J connectivity index is 1.52. The minimum Gasteiger partial charge on any atom is -0.395 e. The van der Waals surface area contributed by atoms with Crippen LogP contribution in [0.5, 0.6) is 0 Å². The van der Waals surface area contributed by atoms with E-state index in [1.807, 2.05) is 0 Å². The lowest BCUT2D eigenvalue weighted by Crippen LogP contribution is -2.46. The minimum atomic E-state index is -0.520. The van der Waals surface area contributed by atoms with E-state index in [9.17, 15) is 14.3 Å². The summed E-state index contributed by atoms with van der Waals surface area (Å²) >= 11 is 0. The molecule has 1 aromatic heterocycles. The highest BCUT2D eigenvalue weighted by molar-refractivity contribution is 5.89. The molecule has 8 nitrogen and oxygen atoms in total. The molecular formula is C17H23FN6O2. The first kappa shape index (κ1) is 18.3. The standard InChI is InChI=1S/C17H23FN6O2/c18-15-5-4-13(24-11-20-21-12-24)9-16(15)22-17(26)19-6-8-23-7-2-1-3-14(23)10-25/h4-5,9,11-12,14,25H,1-3,6-8,10H2,(H2,19,22,26)/t14-/m0/s1. The van der Waals surface area contributed by atoms with Crippen LogP contribution < -0.4 is 10.6 Å². The summed E-state index contributed by atoms with van der Waals surface area (Å²) in [7, 11) is 0. The molecule has 0 bridgehead atoms. The topological polar surface area (TPSA) is 95.3 Å². The monoisotopic (exact) mass is 362 g/mol. The van der Waals surface area contributed by atoms with Crippen LogP contribution in [0, 0.1) is 5.82 Å². The van der Waals surface area contributed by atoms with Gasteiger partial charge in [-0.2, -0.15) is 0 Å². The van der Waals surface area contributed by atoms with E-state index in [2.05, 4.69) is 25.7 Å². The molecule has 0 unspecified atom stereocenters. The summed E-state index contributed by atoms with van der Waals surface area (Å²) in [6, 6.07) is 4.07. The molecule has 140 valence electrons. The number of aliphatic hydroxyl groups is 1. The number of carbonyl (C=O) groups is 1. The van der Waals surface area contributed by atoms with Crippen LogP contribution in [-0.2, 0) is 0 Å². The van der Waals surface area contributed by atoms with Gasteiger partial charge in [-0.3, -0.25) is 9.47 Å². The molecule has 3 rings (SSSR count). The zero-order valence-corrected chi connectivity index (χ0v) is 14.4. The second-order valence-electron chi connectivity index (χ2n) is 6.28. The molecule has 0 radical (unpaired) electrons. The average molecular weight is 362 g/mol. The summed E-state index contributed by atoms with van der Waals surface area (Å²) in [4.78, 5) is 14.2. The summed E-state index contributed by atoms with van der Waals surface area (Å²) in [5, 5.41) is 22.1. The molecule has 1 atom stereocenters. The Kier molecular flexibility index (Phi) is 6.13. The Bertz CT molecular complexity index is 724. The maximum absolute atomic E-state index is 14.0. The number of hydrogen-bond acceptors (Lipinski definition) is 5. The minimum absolute atomic E-state index is 0.0832. The fourth-order valence-corrected chi connectivity index (χ4v) is 3.14. The Hall–Kier alpha value is -2.52. The van der Waals surface area contributed by atoms with Gasteiger partial charge in [0.1, 0.15) is 18.5 Å². The van der Waals surface area contributed by atoms with Crippen LogP contribution in [0.15, 0.2) is 30.9 Å². The van der Waals surface area contributed by atoms with Gasteiger partial charge < -0.3 is 15.7 Å². The van der Waals surface area contributed by atoms with Gasteiger partial charge in [0.25, 0.3) is 0 Å². The van der Waals surface area contributed by atoms with Crippen molar-refractivity contribution >= 4 is 11.7 Å². The molecule has 26 heavy (non-hydrogen) atoms. The molecule has 0 aliphatic carbocycles. The summed E-state index contributed by atoms with van der Waals surface area (Å²) in [5.41, 5.74) is 0.728. The SMILES string of the molecule is O=C(NCCN1CCCC[C@H]1CO)Nc1cc(-n2cnnc2)ccc1F. The highest BCUT2D eigenvalue weighted by Crippen LogP contribution is 2.19. The van der Waals surface area contributed by atoms with Crippen LogP contribution in [0.1, 0.15) is 19.3 Å². The Labute approximate surface area is 151 Å². The molecule has 2 amide bonds. The Morgan fingerprint density at radius 1 is 1.31 bits per heavy atom. The van der Waals surface area contributed by atoms with Crippen LogP contribution in [0.25, 0.3) is 5.69 Å². The van der Waals surface area contributed by atoms with Crippen molar-refractivity contribution in [2.75, 3.05) is 31.6 Å². The fourth-order valence-electron chi connectivity index (χ4n) is 3.14. The van der Waals surface area contributed by atoms with Gasteiger partial charge in [0.15, 0.2) is 0 Å². The van der Waals surface area contributed by atoms with E-state index in [4.69, 9.17) is 0 Å². The largest absolute Gasteiger partial charge is 0.395 e. The number of carbonyl (C=O) groups excluding carboxylic acids is 1. The van der Waals surface area contributed by atoms with E-state index in [1.165, 1.54) is 24.8 Å². The lowest BCUT2D eigenvalue weighted by Gasteiger charge is -2.34. The Morgan fingerprint density at radius 3 is 2.88 bits per heavy atom. The number of nitrogens with one attached hydrogen (secondary N) is 2. The van der Waals surface area contributed by atoms with Gasteiger partial charge in [0.2, 0.25) is 0 Å². The molecule has 2 heterocycles. The lowest BCUT2D eigenvalue weighted by molar-refractivity contribution is 0.0917. The van der Waals surface area contributed by atoms with Gasteiger partial charge in [-0.15, -0.1) is 10.2 Å². The lowest BCUT2D eigenvalue weighted by atomic mass is 10.0. The van der Waals surface area contributed by atoms with Crippen molar-refractivity contribution in [1.29, 1.82) is 0 Å². The maximum Gasteiger partial charge on any atom is 0.319 e. The highest BCUT2D eigenvalue weighted by atomic mass is 19.1. The first-order valence-electron chi connectivity index (χ1n) is 8.71. The number of piperidine rings is 1. The number of aromatic nitrogens is 3. The predicted octanol–water partition coefficient (Wildman–Crippen LogP) is 1.37. The van der Waals surface area contributed by atoms with Crippen LogP contribution in [0.3, 0.4) is 0 Å². The van der Waals surface area contributed by atoms with E-state index in [-0.39, 0.29) is 18.3 Å². The van der Waals surface area contributed by atoms with E-state index in [0.29, 0.717) is 18.8 Å². The molecule has 1 aromatic carbocycles.